The molecule has 0 aliphatic heterocycles. The summed E-state index contributed by atoms with van der Waals surface area (Å²) in [5, 5.41) is 5.22. The summed E-state index contributed by atoms with van der Waals surface area (Å²) in [6, 6.07) is 5.53. The van der Waals surface area contributed by atoms with Crippen LogP contribution in [0, 0.1) is 11.6 Å². The van der Waals surface area contributed by atoms with Crippen molar-refractivity contribution in [3.8, 4) is 0 Å². The standard InChI is InChI=1S/C13H12BrF2NS/c1-8(12-3-2-10(15)5-13(12)16)17-6-11-4-9(14)7-18-11/h2-5,7-8,17H,6H2,1H3. The highest BCUT2D eigenvalue weighted by Crippen LogP contribution is 2.22. The SMILES string of the molecule is CC(NCc1cc(Br)cs1)c1ccc(F)cc1F. The first kappa shape index (κ1) is 13.6. The van der Waals surface area contributed by atoms with Gasteiger partial charge in [0.2, 0.25) is 0 Å². The Balaban J connectivity index is 2.01. The van der Waals surface area contributed by atoms with E-state index < -0.39 is 11.6 Å². The van der Waals surface area contributed by atoms with Gasteiger partial charge in [-0.1, -0.05) is 6.07 Å². The van der Waals surface area contributed by atoms with Gasteiger partial charge >= 0.3 is 0 Å². The fraction of sp³-hybridized carbons (Fsp3) is 0.231. The van der Waals surface area contributed by atoms with Gasteiger partial charge in [-0.05, 0) is 35.0 Å². The van der Waals surface area contributed by atoms with Crippen molar-refractivity contribution in [3.63, 3.8) is 0 Å². The van der Waals surface area contributed by atoms with Crippen LogP contribution in [0.5, 0.6) is 0 Å². The zero-order valence-electron chi connectivity index (χ0n) is 9.71. The number of hydrogen-bond donors (Lipinski definition) is 1. The number of benzene rings is 1. The molecule has 0 amide bonds. The second-order valence-electron chi connectivity index (χ2n) is 4.00. The van der Waals surface area contributed by atoms with Crippen LogP contribution in [0.2, 0.25) is 0 Å². The molecule has 1 N–H and O–H groups in total. The maximum atomic E-state index is 13.5. The quantitative estimate of drug-likeness (QED) is 0.860. The Morgan fingerprint density at radius 1 is 1.33 bits per heavy atom. The van der Waals surface area contributed by atoms with Crippen LogP contribution in [-0.2, 0) is 6.54 Å². The molecule has 0 fully saturated rings. The number of nitrogens with one attached hydrogen (secondary N) is 1. The van der Waals surface area contributed by atoms with Crippen molar-refractivity contribution in [3.05, 3.63) is 56.2 Å². The highest BCUT2D eigenvalue weighted by molar-refractivity contribution is 9.10. The lowest BCUT2D eigenvalue weighted by molar-refractivity contribution is 0.519. The Hall–Kier alpha value is -0.780. The molecule has 1 aromatic heterocycles. The van der Waals surface area contributed by atoms with Gasteiger partial charge in [0, 0.05) is 38.9 Å². The zero-order valence-corrected chi connectivity index (χ0v) is 12.1. The summed E-state index contributed by atoms with van der Waals surface area (Å²) in [7, 11) is 0. The van der Waals surface area contributed by atoms with Crippen LogP contribution in [0.25, 0.3) is 0 Å². The lowest BCUT2D eigenvalue weighted by Crippen LogP contribution is -2.18. The topological polar surface area (TPSA) is 12.0 Å². The van der Waals surface area contributed by atoms with E-state index in [1.807, 2.05) is 18.4 Å². The van der Waals surface area contributed by atoms with Gasteiger partial charge in [-0.25, -0.2) is 8.78 Å². The van der Waals surface area contributed by atoms with Crippen molar-refractivity contribution in [2.75, 3.05) is 0 Å². The monoisotopic (exact) mass is 331 g/mol. The first-order valence-electron chi connectivity index (χ1n) is 5.47. The van der Waals surface area contributed by atoms with Crippen molar-refractivity contribution >= 4 is 27.3 Å². The highest BCUT2D eigenvalue weighted by Gasteiger charge is 2.11. The number of halogens is 3. The van der Waals surface area contributed by atoms with E-state index in [0.29, 0.717) is 12.1 Å². The molecule has 96 valence electrons. The molecule has 5 heteroatoms. The Kier molecular flexibility index (Phi) is 4.48. The van der Waals surface area contributed by atoms with Crippen LogP contribution in [0.4, 0.5) is 8.78 Å². The Labute approximate surface area is 117 Å². The normalized spacial score (nSPS) is 12.7. The second kappa shape index (κ2) is 5.91. The van der Waals surface area contributed by atoms with Gasteiger partial charge in [0.15, 0.2) is 0 Å². The van der Waals surface area contributed by atoms with Crippen LogP contribution in [0.1, 0.15) is 23.4 Å². The van der Waals surface area contributed by atoms with E-state index in [2.05, 4.69) is 21.2 Å². The van der Waals surface area contributed by atoms with Gasteiger partial charge in [-0.15, -0.1) is 11.3 Å². The second-order valence-corrected chi connectivity index (χ2v) is 5.91. The van der Waals surface area contributed by atoms with E-state index in [-0.39, 0.29) is 6.04 Å². The van der Waals surface area contributed by atoms with E-state index in [1.54, 1.807) is 11.3 Å². The number of rotatable bonds is 4. The molecule has 18 heavy (non-hydrogen) atoms. The van der Waals surface area contributed by atoms with Crippen molar-refractivity contribution in [2.45, 2.75) is 19.5 Å². The van der Waals surface area contributed by atoms with E-state index >= 15 is 0 Å². The van der Waals surface area contributed by atoms with Crippen LogP contribution in [0.15, 0.2) is 34.1 Å². The molecule has 0 aliphatic rings. The van der Waals surface area contributed by atoms with Gasteiger partial charge < -0.3 is 5.32 Å². The molecule has 0 aliphatic carbocycles. The minimum Gasteiger partial charge on any atom is -0.305 e. The molecule has 1 nitrogen and oxygen atoms in total. The minimum atomic E-state index is -0.550. The van der Waals surface area contributed by atoms with E-state index in [9.17, 15) is 8.78 Å². The Morgan fingerprint density at radius 3 is 2.72 bits per heavy atom. The van der Waals surface area contributed by atoms with Crippen LogP contribution in [-0.4, -0.2) is 0 Å². The van der Waals surface area contributed by atoms with Gasteiger partial charge in [0.05, 0.1) is 0 Å². The maximum absolute atomic E-state index is 13.5. The maximum Gasteiger partial charge on any atom is 0.130 e. The summed E-state index contributed by atoms with van der Waals surface area (Å²) in [4.78, 5) is 1.16. The molecule has 0 spiro atoms. The smallest absolute Gasteiger partial charge is 0.130 e. The van der Waals surface area contributed by atoms with Crippen LogP contribution in [0.3, 0.4) is 0 Å². The number of thiophene rings is 1. The molecule has 1 aromatic carbocycles. The van der Waals surface area contributed by atoms with E-state index in [4.69, 9.17) is 0 Å². The molecule has 0 saturated carbocycles. The van der Waals surface area contributed by atoms with Crippen molar-refractivity contribution in [1.29, 1.82) is 0 Å². The van der Waals surface area contributed by atoms with Crippen LogP contribution >= 0.6 is 27.3 Å². The molecular formula is C13H12BrF2NS. The molecule has 1 atom stereocenters. The summed E-state index contributed by atoms with van der Waals surface area (Å²) >= 11 is 5.01. The first-order valence-corrected chi connectivity index (χ1v) is 7.15. The van der Waals surface area contributed by atoms with Gasteiger partial charge in [0.1, 0.15) is 11.6 Å². The third kappa shape index (κ3) is 3.37. The Morgan fingerprint density at radius 2 is 2.11 bits per heavy atom. The summed E-state index contributed by atoms with van der Waals surface area (Å²) in [5.41, 5.74) is 0.479. The zero-order chi connectivity index (χ0) is 13.1. The highest BCUT2D eigenvalue weighted by atomic mass is 79.9. The van der Waals surface area contributed by atoms with Crippen molar-refractivity contribution in [2.24, 2.45) is 0 Å². The largest absolute Gasteiger partial charge is 0.305 e. The average Bonchev–Trinajstić information content (AvgIpc) is 2.72. The summed E-state index contributed by atoms with van der Waals surface area (Å²) in [6.45, 7) is 2.52. The molecule has 0 bridgehead atoms. The molecule has 1 heterocycles. The average molecular weight is 332 g/mol. The molecule has 2 rings (SSSR count). The molecule has 2 aromatic rings. The lowest BCUT2D eigenvalue weighted by atomic mass is 10.1. The molecule has 0 radical (unpaired) electrons. The van der Waals surface area contributed by atoms with E-state index in [0.717, 1.165) is 15.4 Å². The molecule has 0 saturated heterocycles. The van der Waals surface area contributed by atoms with E-state index in [1.165, 1.54) is 12.1 Å². The fourth-order valence-electron chi connectivity index (χ4n) is 1.66. The first-order chi connectivity index (χ1) is 8.56. The molecule has 1 unspecified atom stereocenters. The third-order valence-electron chi connectivity index (χ3n) is 2.63. The predicted molar refractivity (Wildman–Crippen MR) is 73.6 cm³/mol. The third-order valence-corrected chi connectivity index (χ3v) is 4.33. The van der Waals surface area contributed by atoms with Gasteiger partial charge in [-0.2, -0.15) is 0 Å². The molecular weight excluding hydrogens is 320 g/mol. The van der Waals surface area contributed by atoms with Gasteiger partial charge in [-0.3, -0.25) is 0 Å². The number of hydrogen-bond acceptors (Lipinski definition) is 2. The van der Waals surface area contributed by atoms with Gasteiger partial charge in [0.25, 0.3) is 0 Å². The minimum absolute atomic E-state index is 0.161. The summed E-state index contributed by atoms with van der Waals surface area (Å²) < 4.78 is 27.4. The fourth-order valence-corrected chi connectivity index (χ4v) is 3.06. The predicted octanol–water partition coefficient (Wildman–Crippen LogP) is 4.64. The summed E-state index contributed by atoms with van der Waals surface area (Å²) in [5.74, 6) is -1.06. The van der Waals surface area contributed by atoms with Crippen molar-refractivity contribution in [1.82, 2.24) is 5.32 Å². The van der Waals surface area contributed by atoms with Crippen molar-refractivity contribution < 1.29 is 8.78 Å². The van der Waals surface area contributed by atoms with Crippen LogP contribution < -0.4 is 5.32 Å². The lowest BCUT2D eigenvalue weighted by Gasteiger charge is -2.14. The Bertz CT molecular complexity index is 542. The summed E-state index contributed by atoms with van der Waals surface area (Å²) in [6.07, 6.45) is 0.